The molecule has 0 unspecified atom stereocenters. The molecular weight excluding hydrogens is 312 g/mol. The van der Waals surface area contributed by atoms with Gasteiger partial charge in [-0.05, 0) is 25.1 Å². The molecule has 0 bridgehead atoms. The zero-order chi connectivity index (χ0) is 15.0. The van der Waals surface area contributed by atoms with Gasteiger partial charge in [-0.1, -0.05) is 26.0 Å². The molecule has 0 radical (unpaired) electrons. The number of rotatable bonds is 9. The summed E-state index contributed by atoms with van der Waals surface area (Å²) in [4.78, 5) is 11.7. The summed E-state index contributed by atoms with van der Waals surface area (Å²) in [5.74, 6) is -0.0633. The predicted molar refractivity (Wildman–Crippen MR) is 86.7 cm³/mol. The van der Waals surface area contributed by atoms with Crippen molar-refractivity contribution >= 4 is 28.2 Å². The Morgan fingerprint density at radius 2 is 1.86 bits per heavy atom. The van der Waals surface area contributed by atoms with E-state index in [9.17, 15) is 13.2 Å². The summed E-state index contributed by atoms with van der Waals surface area (Å²) in [6.07, 6.45) is 1.37. The number of Topliss-reactive ketones (excluding diaryl/α,β-unsaturated/α-hetero) is 1. The van der Waals surface area contributed by atoms with Crippen LogP contribution in [0.5, 0.6) is 0 Å². The summed E-state index contributed by atoms with van der Waals surface area (Å²) in [6, 6.07) is 6.14. The Kier molecular flexibility index (Phi) is 9.44. The lowest BCUT2D eigenvalue weighted by atomic mass is 10.1. The molecule has 120 valence electrons. The summed E-state index contributed by atoms with van der Waals surface area (Å²) in [5.41, 5.74) is 0.430. The van der Waals surface area contributed by atoms with Gasteiger partial charge in [-0.2, -0.15) is 0 Å². The number of hydrogen-bond acceptors (Lipinski definition) is 4. The van der Waals surface area contributed by atoms with Crippen molar-refractivity contribution in [2.75, 3.05) is 19.6 Å². The van der Waals surface area contributed by atoms with Crippen molar-refractivity contribution < 1.29 is 13.2 Å². The molecule has 0 aliphatic heterocycles. The van der Waals surface area contributed by atoms with Crippen LogP contribution in [0.1, 0.15) is 37.0 Å². The average Bonchev–Trinajstić information content (AvgIpc) is 2.46. The summed E-state index contributed by atoms with van der Waals surface area (Å²) in [6.45, 7) is 5.58. The quantitative estimate of drug-likeness (QED) is 0.535. The van der Waals surface area contributed by atoms with Crippen molar-refractivity contribution in [1.82, 2.24) is 10.0 Å². The Balaban J connectivity index is 0.00000400. The highest BCUT2D eigenvalue weighted by Crippen LogP contribution is 2.12. The molecule has 5 nitrogen and oxygen atoms in total. The second-order valence-electron chi connectivity index (χ2n) is 4.45. The summed E-state index contributed by atoms with van der Waals surface area (Å²) in [5, 5.41) is 3.12. The first-order valence-electron chi connectivity index (χ1n) is 6.85. The Labute approximate surface area is 133 Å². The van der Waals surface area contributed by atoms with Crippen LogP contribution in [-0.2, 0) is 10.0 Å². The summed E-state index contributed by atoms with van der Waals surface area (Å²) < 4.78 is 26.7. The van der Waals surface area contributed by atoms with Crippen LogP contribution in [0.3, 0.4) is 0 Å². The van der Waals surface area contributed by atoms with E-state index in [4.69, 9.17) is 0 Å². The number of ketones is 1. The highest BCUT2D eigenvalue weighted by Gasteiger charge is 2.15. The van der Waals surface area contributed by atoms with Gasteiger partial charge >= 0.3 is 0 Å². The molecule has 0 aromatic heterocycles. The molecule has 0 fully saturated rings. The highest BCUT2D eigenvalue weighted by molar-refractivity contribution is 7.89. The van der Waals surface area contributed by atoms with Gasteiger partial charge in [0.25, 0.3) is 0 Å². The third-order valence-corrected chi connectivity index (χ3v) is 4.27. The average molecular weight is 335 g/mol. The second-order valence-corrected chi connectivity index (χ2v) is 6.22. The maximum absolute atomic E-state index is 12.1. The van der Waals surface area contributed by atoms with E-state index in [0.29, 0.717) is 25.1 Å². The Bertz CT molecular complexity index is 547. The molecule has 0 amide bonds. The van der Waals surface area contributed by atoms with Crippen LogP contribution in [0.4, 0.5) is 0 Å². The van der Waals surface area contributed by atoms with Crippen LogP contribution in [0.25, 0.3) is 0 Å². The second kappa shape index (κ2) is 9.89. The molecule has 1 aromatic rings. The largest absolute Gasteiger partial charge is 0.315 e. The fourth-order valence-corrected chi connectivity index (χ4v) is 2.78. The van der Waals surface area contributed by atoms with Crippen molar-refractivity contribution in [3.63, 3.8) is 0 Å². The van der Waals surface area contributed by atoms with E-state index in [1.165, 1.54) is 12.1 Å². The van der Waals surface area contributed by atoms with Crippen molar-refractivity contribution in [2.45, 2.75) is 31.6 Å². The molecule has 7 heteroatoms. The molecule has 0 saturated carbocycles. The fourth-order valence-electron chi connectivity index (χ4n) is 1.70. The Hall–Kier alpha value is -0.950. The zero-order valence-corrected chi connectivity index (χ0v) is 14.0. The van der Waals surface area contributed by atoms with Crippen LogP contribution >= 0.6 is 12.4 Å². The minimum absolute atomic E-state index is 0. The number of carbonyl (C=O) groups excluding carboxylic acids is 1. The van der Waals surface area contributed by atoms with Crippen LogP contribution in [0, 0.1) is 0 Å². The fraction of sp³-hybridized carbons (Fsp3) is 0.500. The van der Waals surface area contributed by atoms with Crippen LogP contribution in [-0.4, -0.2) is 33.8 Å². The van der Waals surface area contributed by atoms with Gasteiger partial charge in [0, 0.05) is 25.1 Å². The molecule has 2 N–H and O–H groups in total. The normalized spacial score (nSPS) is 11.0. The van der Waals surface area contributed by atoms with E-state index in [2.05, 4.69) is 10.0 Å². The van der Waals surface area contributed by atoms with Gasteiger partial charge in [-0.3, -0.25) is 4.79 Å². The number of nitrogens with one attached hydrogen (secondary N) is 2. The molecule has 1 rings (SSSR count). The van der Waals surface area contributed by atoms with Crippen LogP contribution in [0.15, 0.2) is 29.2 Å². The minimum atomic E-state index is -3.55. The van der Waals surface area contributed by atoms with Gasteiger partial charge in [0.05, 0.1) is 4.90 Å². The lowest BCUT2D eigenvalue weighted by Crippen LogP contribution is -2.32. The smallest absolute Gasteiger partial charge is 0.240 e. The van der Waals surface area contributed by atoms with Crippen LogP contribution < -0.4 is 10.0 Å². The monoisotopic (exact) mass is 334 g/mol. The third-order valence-electron chi connectivity index (χ3n) is 2.81. The van der Waals surface area contributed by atoms with Crippen molar-refractivity contribution in [3.8, 4) is 0 Å². The molecule has 0 heterocycles. The van der Waals surface area contributed by atoms with Gasteiger partial charge in [0.15, 0.2) is 5.78 Å². The molecular formula is C14H23ClN2O3S. The van der Waals surface area contributed by atoms with E-state index < -0.39 is 10.0 Å². The zero-order valence-electron chi connectivity index (χ0n) is 12.4. The topological polar surface area (TPSA) is 75.3 Å². The molecule has 0 atom stereocenters. The first-order chi connectivity index (χ1) is 9.51. The van der Waals surface area contributed by atoms with Crippen molar-refractivity contribution in [3.05, 3.63) is 29.8 Å². The molecule has 0 saturated heterocycles. The lowest BCUT2D eigenvalue weighted by molar-refractivity contribution is 0.0988. The Morgan fingerprint density at radius 1 is 1.14 bits per heavy atom. The molecule has 0 spiro atoms. The first kappa shape index (κ1) is 20.1. The minimum Gasteiger partial charge on any atom is -0.315 e. The SMILES string of the molecule is CCCNCCNS(=O)(=O)c1cccc(C(=O)CC)c1.Cl. The number of benzene rings is 1. The van der Waals surface area contributed by atoms with Gasteiger partial charge in [-0.25, -0.2) is 13.1 Å². The molecule has 0 aliphatic rings. The van der Waals surface area contributed by atoms with E-state index in [0.717, 1.165) is 13.0 Å². The number of sulfonamides is 1. The lowest BCUT2D eigenvalue weighted by Gasteiger charge is -2.08. The van der Waals surface area contributed by atoms with Gasteiger partial charge < -0.3 is 5.32 Å². The van der Waals surface area contributed by atoms with Crippen LogP contribution in [0.2, 0.25) is 0 Å². The third kappa shape index (κ3) is 6.56. The van der Waals surface area contributed by atoms with E-state index >= 15 is 0 Å². The van der Waals surface area contributed by atoms with E-state index in [1.807, 2.05) is 6.92 Å². The Morgan fingerprint density at radius 3 is 2.48 bits per heavy atom. The molecule has 21 heavy (non-hydrogen) atoms. The highest BCUT2D eigenvalue weighted by atomic mass is 35.5. The van der Waals surface area contributed by atoms with Crippen molar-refractivity contribution in [1.29, 1.82) is 0 Å². The van der Waals surface area contributed by atoms with Gasteiger partial charge in [0.2, 0.25) is 10.0 Å². The predicted octanol–water partition coefficient (Wildman–Crippen LogP) is 1.98. The van der Waals surface area contributed by atoms with E-state index in [1.54, 1.807) is 19.1 Å². The van der Waals surface area contributed by atoms with Gasteiger partial charge in [0.1, 0.15) is 0 Å². The van der Waals surface area contributed by atoms with Crippen molar-refractivity contribution in [2.24, 2.45) is 0 Å². The molecule has 0 aliphatic carbocycles. The number of carbonyl (C=O) groups is 1. The maximum Gasteiger partial charge on any atom is 0.240 e. The molecule has 1 aromatic carbocycles. The van der Waals surface area contributed by atoms with E-state index in [-0.39, 0.29) is 23.1 Å². The number of hydrogen-bond donors (Lipinski definition) is 2. The maximum atomic E-state index is 12.1. The standard InChI is InChI=1S/C14H22N2O3S.ClH/c1-3-8-15-9-10-16-20(18,19)13-7-5-6-12(11-13)14(17)4-2;/h5-7,11,15-16H,3-4,8-10H2,1-2H3;1H. The summed E-state index contributed by atoms with van der Waals surface area (Å²) >= 11 is 0. The first-order valence-corrected chi connectivity index (χ1v) is 8.33. The summed E-state index contributed by atoms with van der Waals surface area (Å²) in [7, 11) is -3.55. The number of halogens is 1. The van der Waals surface area contributed by atoms with Gasteiger partial charge in [-0.15, -0.1) is 12.4 Å².